The molecule has 0 bridgehead atoms. The third-order valence-electron chi connectivity index (χ3n) is 4.83. The van der Waals surface area contributed by atoms with Crippen molar-refractivity contribution in [3.8, 4) is 0 Å². The first-order chi connectivity index (χ1) is 8.37. The zero-order valence-corrected chi connectivity index (χ0v) is 13.4. The molecule has 0 aromatic heterocycles. The number of rotatable bonds is 8. The Morgan fingerprint density at radius 2 is 1.78 bits per heavy atom. The van der Waals surface area contributed by atoms with Gasteiger partial charge in [-0.25, -0.2) is 0 Å². The summed E-state index contributed by atoms with van der Waals surface area (Å²) in [7, 11) is 0. The Balaban J connectivity index is 2.26. The van der Waals surface area contributed by atoms with E-state index in [0.717, 1.165) is 5.92 Å². The normalized spacial score (nSPS) is 23.5. The second-order valence-electron chi connectivity index (χ2n) is 7.85. The molecule has 1 unspecified atom stereocenters. The van der Waals surface area contributed by atoms with Crippen molar-refractivity contribution in [3.05, 3.63) is 0 Å². The standard InChI is InChI=1S/C17H35N/c1-6-7-8-9-10-11-16(2,3)12-15-13-18-14-17(15,4)5/h15,18H,6-14H2,1-5H3. The highest BCUT2D eigenvalue weighted by molar-refractivity contribution is 4.91. The quantitative estimate of drug-likeness (QED) is 0.600. The molecular formula is C17H35N. The molecule has 1 N–H and O–H groups in total. The van der Waals surface area contributed by atoms with Crippen LogP contribution in [0.1, 0.15) is 79.6 Å². The highest BCUT2D eigenvalue weighted by atomic mass is 14.9. The Labute approximate surface area is 115 Å². The lowest BCUT2D eigenvalue weighted by molar-refractivity contribution is 0.175. The molecule has 1 rings (SSSR count). The van der Waals surface area contributed by atoms with Gasteiger partial charge in [0.05, 0.1) is 0 Å². The minimum Gasteiger partial charge on any atom is -0.316 e. The molecular weight excluding hydrogens is 218 g/mol. The molecule has 0 spiro atoms. The largest absolute Gasteiger partial charge is 0.316 e. The number of hydrogen-bond acceptors (Lipinski definition) is 1. The van der Waals surface area contributed by atoms with Crippen LogP contribution in [-0.2, 0) is 0 Å². The highest BCUT2D eigenvalue weighted by Crippen LogP contribution is 2.40. The Hall–Kier alpha value is -0.0400. The fourth-order valence-electron chi connectivity index (χ4n) is 3.31. The summed E-state index contributed by atoms with van der Waals surface area (Å²) in [4.78, 5) is 0. The second kappa shape index (κ2) is 6.93. The van der Waals surface area contributed by atoms with Gasteiger partial charge in [-0.1, -0.05) is 66.7 Å². The maximum atomic E-state index is 3.57. The van der Waals surface area contributed by atoms with E-state index in [1.165, 1.54) is 58.0 Å². The van der Waals surface area contributed by atoms with Crippen LogP contribution in [0.3, 0.4) is 0 Å². The lowest BCUT2D eigenvalue weighted by Gasteiger charge is -2.34. The molecule has 1 atom stereocenters. The summed E-state index contributed by atoms with van der Waals surface area (Å²) in [5.41, 5.74) is 1.03. The molecule has 0 aliphatic carbocycles. The topological polar surface area (TPSA) is 12.0 Å². The molecule has 0 aromatic rings. The van der Waals surface area contributed by atoms with Gasteiger partial charge in [-0.2, -0.15) is 0 Å². The van der Waals surface area contributed by atoms with Crippen molar-refractivity contribution in [3.63, 3.8) is 0 Å². The van der Waals surface area contributed by atoms with Crippen LogP contribution in [0.4, 0.5) is 0 Å². The van der Waals surface area contributed by atoms with Gasteiger partial charge in [-0.05, 0) is 36.1 Å². The van der Waals surface area contributed by atoms with E-state index >= 15 is 0 Å². The third-order valence-corrected chi connectivity index (χ3v) is 4.83. The predicted octanol–water partition coefficient (Wildman–Crippen LogP) is 5.01. The van der Waals surface area contributed by atoms with Gasteiger partial charge in [-0.15, -0.1) is 0 Å². The summed E-state index contributed by atoms with van der Waals surface area (Å²) >= 11 is 0. The summed E-state index contributed by atoms with van der Waals surface area (Å²) in [5, 5.41) is 3.57. The minimum absolute atomic E-state index is 0.499. The monoisotopic (exact) mass is 253 g/mol. The van der Waals surface area contributed by atoms with Crippen molar-refractivity contribution in [2.24, 2.45) is 16.7 Å². The van der Waals surface area contributed by atoms with E-state index in [1.54, 1.807) is 0 Å². The Bertz CT molecular complexity index is 230. The molecule has 1 fully saturated rings. The second-order valence-corrected chi connectivity index (χ2v) is 7.85. The van der Waals surface area contributed by atoms with Crippen LogP contribution in [0.5, 0.6) is 0 Å². The number of unbranched alkanes of at least 4 members (excludes halogenated alkanes) is 4. The molecule has 1 aliphatic heterocycles. The Morgan fingerprint density at radius 1 is 1.11 bits per heavy atom. The first-order valence-corrected chi connectivity index (χ1v) is 8.08. The molecule has 0 saturated carbocycles. The summed E-state index contributed by atoms with van der Waals surface area (Å²) < 4.78 is 0. The van der Waals surface area contributed by atoms with Crippen LogP contribution in [-0.4, -0.2) is 13.1 Å². The fourth-order valence-corrected chi connectivity index (χ4v) is 3.31. The lowest BCUT2D eigenvalue weighted by Crippen LogP contribution is -2.27. The van der Waals surface area contributed by atoms with Gasteiger partial charge in [0.25, 0.3) is 0 Å². The highest BCUT2D eigenvalue weighted by Gasteiger charge is 2.37. The smallest absolute Gasteiger partial charge is 0.000577 e. The van der Waals surface area contributed by atoms with E-state index in [2.05, 4.69) is 39.9 Å². The zero-order valence-electron chi connectivity index (χ0n) is 13.4. The van der Waals surface area contributed by atoms with Crippen molar-refractivity contribution >= 4 is 0 Å². The maximum Gasteiger partial charge on any atom is 0.000577 e. The fraction of sp³-hybridized carbons (Fsp3) is 1.00. The van der Waals surface area contributed by atoms with E-state index in [4.69, 9.17) is 0 Å². The van der Waals surface area contributed by atoms with Gasteiger partial charge in [0.2, 0.25) is 0 Å². The minimum atomic E-state index is 0.499. The molecule has 0 aromatic carbocycles. The molecule has 1 saturated heterocycles. The van der Waals surface area contributed by atoms with E-state index < -0.39 is 0 Å². The van der Waals surface area contributed by atoms with Crippen molar-refractivity contribution < 1.29 is 0 Å². The van der Waals surface area contributed by atoms with Crippen LogP contribution in [0.2, 0.25) is 0 Å². The van der Waals surface area contributed by atoms with Crippen LogP contribution in [0.15, 0.2) is 0 Å². The molecule has 1 nitrogen and oxygen atoms in total. The molecule has 1 aliphatic rings. The van der Waals surface area contributed by atoms with Crippen LogP contribution < -0.4 is 5.32 Å². The van der Waals surface area contributed by atoms with Gasteiger partial charge < -0.3 is 5.32 Å². The van der Waals surface area contributed by atoms with Gasteiger partial charge in [0.15, 0.2) is 0 Å². The summed E-state index contributed by atoms with van der Waals surface area (Å²) in [5.74, 6) is 0.864. The molecule has 108 valence electrons. The third kappa shape index (κ3) is 5.30. The average Bonchev–Trinajstić information content (AvgIpc) is 2.57. The molecule has 1 heterocycles. The van der Waals surface area contributed by atoms with Crippen molar-refractivity contribution in [1.29, 1.82) is 0 Å². The lowest BCUT2D eigenvalue weighted by atomic mass is 9.71. The van der Waals surface area contributed by atoms with Crippen molar-refractivity contribution in [2.45, 2.75) is 79.6 Å². The van der Waals surface area contributed by atoms with Gasteiger partial charge in [0.1, 0.15) is 0 Å². The summed E-state index contributed by atoms with van der Waals surface area (Å²) in [6.45, 7) is 14.5. The Morgan fingerprint density at radius 3 is 2.33 bits per heavy atom. The van der Waals surface area contributed by atoms with Crippen LogP contribution in [0.25, 0.3) is 0 Å². The van der Waals surface area contributed by atoms with E-state index in [0.29, 0.717) is 10.8 Å². The Kier molecular flexibility index (Phi) is 6.17. The first-order valence-electron chi connectivity index (χ1n) is 8.08. The van der Waals surface area contributed by atoms with Gasteiger partial charge in [-0.3, -0.25) is 0 Å². The van der Waals surface area contributed by atoms with E-state index in [9.17, 15) is 0 Å². The summed E-state index contributed by atoms with van der Waals surface area (Å²) in [6, 6.07) is 0. The molecule has 1 heteroatoms. The summed E-state index contributed by atoms with van der Waals surface area (Å²) in [6.07, 6.45) is 9.86. The zero-order chi connectivity index (χ0) is 13.6. The van der Waals surface area contributed by atoms with Crippen molar-refractivity contribution in [1.82, 2.24) is 5.32 Å². The molecule has 0 radical (unpaired) electrons. The van der Waals surface area contributed by atoms with E-state index in [1.807, 2.05) is 0 Å². The number of hydrogen-bond donors (Lipinski definition) is 1. The molecule has 0 amide bonds. The van der Waals surface area contributed by atoms with Crippen LogP contribution in [0, 0.1) is 16.7 Å². The predicted molar refractivity (Wildman–Crippen MR) is 81.9 cm³/mol. The number of nitrogens with one attached hydrogen (secondary N) is 1. The van der Waals surface area contributed by atoms with Gasteiger partial charge >= 0.3 is 0 Å². The maximum absolute atomic E-state index is 3.57. The first kappa shape index (κ1) is 16.0. The van der Waals surface area contributed by atoms with Crippen molar-refractivity contribution in [2.75, 3.05) is 13.1 Å². The SMILES string of the molecule is CCCCCCCC(C)(C)CC1CNCC1(C)C. The van der Waals surface area contributed by atoms with Crippen LogP contribution >= 0.6 is 0 Å². The van der Waals surface area contributed by atoms with E-state index in [-0.39, 0.29) is 0 Å². The van der Waals surface area contributed by atoms with Gasteiger partial charge in [0, 0.05) is 6.54 Å². The molecule has 18 heavy (non-hydrogen) atoms. The average molecular weight is 253 g/mol.